The normalized spacial score (nSPS) is 28.6. The number of piperazine rings is 1. The monoisotopic (exact) mass is 320 g/mol. The fraction of sp³-hybridized carbons (Fsp3) is 0.917. The topological polar surface area (TPSA) is 91.0 Å². The molecule has 8 nitrogen and oxygen atoms in total. The van der Waals surface area contributed by atoms with Crippen molar-refractivity contribution in [3.8, 4) is 0 Å². The van der Waals surface area contributed by atoms with E-state index in [1.807, 2.05) is 13.8 Å². The number of nitrogens with one attached hydrogen (secondary N) is 2. The van der Waals surface area contributed by atoms with Gasteiger partial charge >= 0.3 is 0 Å². The molecule has 2 unspecified atom stereocenters. The van der Waals surface area contributed by atoms with Gasteiger partial charge in [-0.2, -0.15) is 17.4 Å². The smallest absolute Gasteiger partial charge is 0.280 e. The molecule has 0 aromatic heterocycles. The van der Waals surface area contributed by atoms with Crippen molar-refractivity contribution in [3.05, 3.63) is 0 Å². The van der Waals surface area contributed by atoms with Crippen molar-refractivity contribution in [2.24, 2.45) is 0 Å². The molecule has 2 aliphatic rings. The number of carbonyl (C=O) groups is 1. The van der Waals surface area contributed by atoms with Crippen LogP contribution in [0.2, 0.25) is 0 Å². The molecule has 2 N–H and O–H groups in total. The number of nitrogens with zero attached hydrogens (tertiary/aromatic N) is 2. The average molecular weight is 320 g/mol. The molecule has 0 aromatic rings. The second-order valence-corrected chi connectivity index (χ2v) is 7.29. The molecule has 1 amide bonds. The molecule has 0 aromatic carbocycles. The highest BCUT2D eigenvalue weighted by Crippen LogP contribution is 2.13. The maximum Gasteiger partial charge on any atom is 0.280 e. The van der Waals surface area contributed by atoms with Crippen LogP contribution in [0.3, 0.4) is 0 Å². The van der Waals surface area contributed by atoms with E-state index < -0.39 is 10.2 Å². The lowest BCUT2D eigenvalue weighted by Crippen LogP contribution is -2.54. The van der Waals surface area contributed by atoms with Gasteiger partial charge < -0.3 is 15.0 Å². The van der Waals surface area contributed by atoms with E-state index in [0.717, 1.165) is 13.1 Å². The molecular weight excluding hydrogens is 296 g/mol. The van der Waals surface area contributed by atoms with Crippen LogP contribution in [-0.4, -0.2) is 81.6 Å². The summed E-state index contributed by atoms with van der Waals surface area (Å²) in [6.07, 6.45) is -0.289. The van der Waals surface area contributed by atoms with Gasteiger partial charge in [0.25, 0.3) is 10.2 Å². The summed E-state index contributed by atoms with van der Waals surface area (Å²) in [4.78, 5) is 13.7. The Morgan fingerprint density at radius 2 is 1.81 bits per heavy atom. The molecule has 0 aliphatic carbocycles. The Labute approximate surface area is 126 Å². The standard InChI is InChI=1S/C12H24N4O4S/c1-10-8-16(9-11(2)20-10)21(18,19)14-7-12(17)15-5-3-13-4-6-15/h10-11,13-14H,3-9H2,1-2H3. The van der Waals surface area contributed by atoms with E-state index in [1.54, 1.807) is 4.90 Å². The first kappa shape index (κ1) is 16.6. The average Bonchev–Trinajstić information content (AvgIpc) is 2.45. The number of carbonyl (C=O) groups excluding carboxylic acids is 1. The van der Waals surface area contributed by atoms with Crippen molar-refractivity contribution in [2.75, 3.05) is 45.8 Å². The summed E-state index contributed by atoms with van der Waals surface area (Å²) in [5.74, 6) is -0.186. The molecule has 9 heteroatoms. The summed E-state index contributed by atoms with van der Waals surface area (Å²) in [7, 11) is -3.64. The van der Waals surface area contributed by atoms with Crippen molar-refractivity contribution >= 4 is 16.1 Å². The van der Waals surface area contributed by atoms with Gasteiger partial charge in [-0.3, -0.25) is 4.79 Å². The third-order valence-corrected chi connectivity index (χ3v) is 5.09. The van der Waals surface area contributed by atoms with Gasteiger partial charge in [-0.25, -0.2) is 0 Å². The van der Waals surface area contributed by atoms with E-state index in [9.17, 15) is 13.2 Å². The van der Waals surface area contributed by atoms with Gasteiger partial charge in [0, 0.05) is 39.3 Å². The van der Waals surface area contributed by atoms with Gasteiger partial charge in [-0.05, 0) is 13.8 Å². The molecular formula is C12H24N4O4S. The predicted molar refractivity (Wildman–Crippen MR) is 78.0 cm³/mol. The van der Waals surface area contributed by atoms with Crippen LogP contribution in [0.5, 0.6) is 0 Å². The van der Waals surface area contributed by atoms with Crippen LogP contribution in [0.15, 0.2) is 0 Å². The number of rotatable bonds is 4. The first-order valence-corrected chi connectivity index (χ1v) is 8.71. The highest BCUT2D eigenvalue weighted by Gasteiger charge is 2.31. The largest absolute Gasteiger partial charge is 0.373 e. The Kier molecular flexibility index (Phi) is 5.55. The van der Waals surface area contributed by atoms with E-state index in [2.05, 4.69) is 10.0 Å². The summed E-state index contributed by atoms with van der Waals surface area (Å²) in [6, 6.07) is 0. The molecule has 0 spiro atoms. The molecule has 0 radical (unpaired) electrons. The van der Waals surface area contributed by atoms with E-state index in [0.29, 0.717) is 26.2 Å². The molecule has 2 rings (SSSR count). The van der Waals surface area contributed by atoms with Crippen molar-refractivity contribution in [1.82, 2.24) is 19.2 Å². The fourth-order valence-corrected chi connectivity index (χ4v) is 3.90. The lowest BCUT2D eigenvalue weighted by molar-refractivity contribution is -0.130. The zero-order valence-corrected chi connectivity index (χ0v) is 13.4. The number of hydrogen-bond acceptors (Lipinski definition) is 5. The fourth-order valence-electron chi connectivity index (χ4n) is 2.60. The first-order valence-electron chi connectivity index (χ1n) is 7.27. The van der Waals surface area contributed by atoms with Crippen molar-refractivity contribution in [1.29, 1.82) is 0 Å². The summed E-state index contributed by atoms with van der Waals surface area (Å²) in [5, 5.41) is 3.15. The van der Waals surface area contributed by atoms with Crippen LogP contribution < -0.4 is 10.0 Å². The second-order valence-electron chi connectivity index (χ2n) is 5.53. The minimum Gasteiger partial charge on any atom is -0.373 e. The second kappa shape index (κ2) is 7.01. The molecule has 0 bridgehead atoms. The van der Waals surface area contributed by atoms with Crippen LogP contribution in [-0.2, 0) is 19.7 Å². The molecule has 0 saturated carbocycles. The number of hydrogen-bond donors (Lipinski definition) is 2. The number of morpholine rings is 1. The zero-order chi connectivity index (χ0) is 15.5. The Morgan fingerprint density at radius 1 is 1.24 bits per heavy atom. The van der Waals surface area contributed by atoms with E-state index in [-0.39, 0.29) is 24.7 Å². The summed E-state index contributed by atoms with van der Waals surface area (Å²) >= 11 is 0. The minimum absolute atomic E-state index is 0.144. The van der Waals surface area contributed by atoms with E-state index in [1.165, 1.54) is 4.31 Å². The van der Waals surface area contributed by atoms with E-state index >= 15 is 0 Å². The van der Waals surface area contributed by atoms with Gasteiger partial charge in [0.15, 0.2) is 0 Å². The summed E-state index contributed by atoms with van der Waals surface area (Å²) in [5.41, 5.74) is 0. The molecule has 2 heterocycles. The molecule has 2 fully saturated rings. The Hall–Kier alpha value is -0.740. The predicted octanol–water partition coefficient (Wildman–Crippen LogP) is -1.64. The third-order valence-electron chi connectivity index (χ3n) is 3.60. The van der Waals surface area contributed by atoms with Crippen LogP contribution in [0, 0.1) is 0 Å². The summed E-state index contributed by atoms with van der Waals surface area (Å²) < 4.78 is 33.7. The van der Waals surface area contributed by atoms with Gasteiger partial charge in [0.1, 0.15) is 0 Å². The Balaban J connectivity index is 1.87. The molecule has 2 saturated heterocycles. The lowest BCUT2D eigenvalue weighted by atomic mass is 10.3. The number of ether oxygens (including phenoxy) is 1. The Bertz CT molecular complexity index is 454. The first-order chi connectivity index (χ1) is 9.88. The maximum atomic E-state index is 12.2. The zero-order valence-electron chi connectivity index (χ0n) is 12.5. The minimum atomic E-state index is -3.64. The van der Waals surface area contributed by atoms with E-state index in [4.69, 9.17) is 4.74 Å². The molecule has 2 atom stereocenters. The van der Waals surface area contributed by atoms with Crippen LogP contribution >= 0.6 is 0 Å². The molecule has 21 heavy (non-hydrogen) atoms. The van der Waals surface area contributed by atoms with Crippen molar-refractivity contribution < 1.29 is 17.9 Å². The van der Waals surface area contributed by atoms with Crippen LogP contribution in [0.25, 0.3) is 0 Å². The quantitative estimate of drug-likeness (QED) is 0.648. The Morgan fingerprint density at radius 3 is 2.38 bits per heavy atom. The van der Waals surface area contributed by atoms with Crippen LogP contribution in [0.4, 0.5) is 0 Å². The van der Waals surface area contributed by atoms with Gasteiger partial charge in [0.05, 0.1) is 18.8 Å². The van der Waals surface area contributed by atoms with Crippen molar-refractivity contribution in [3.63, 3.8) is 0 Å². The highest BCUT2D eigenvalue weighted by atomic mass is 32.2. The van der Waals surface area contributed by atoms with Crippen molar-refractivity contribution in [2.45, 2.75) is 26.1 Å². The highest BCUT2D eigenvalue weighted by molar-refractivity contribution is 7.87. The van der Waals surface area contributed by atoms with Gasteiger partial charge in [-0.1, -0.05) is 0 Å². The number of amides is 1. The lowest BCUT2D eigenvalue weighted by Gasteiger charge is -2.34. The maximum absolute atomic E-state index is 12.2. The van der Waals surface area contributed by atoms with Gasteiger partial charge in [-0.15, -0.1) is 0 Å². The third kappa shape index (κ3) is 4.62. The van der Waals surface area contributed by atoms with Crippen LogP contribution in [0.1, 0.15) is 13.8 Å². The summed E-state index contributed by atoms with van der Waals surface area (Å²) in [6.45, 7) is 6.83. The molecule has 122 valence electrons. The SMILES string of the molecule is CC1CN(S(=O)(=O)NCC(=O)N2CCNCC2)CC(C)O1. The molecule has 2 aliphatic heterocycles. The van der Waals surface area contributed by atoms with Gasteiger partial charge in [0.2, 0.25) is 5.91 Å².